The maximum atomic E-state index is 12.3. The van der Waals surface area contributed by atoms with E-state index in [9.17, 15) is 13.2 Å². The van der Waals surface area contributed by atoms with Gasteiger partial charge in [0, 0.05) is 5.02 Å². The van der Waals surface area contributed by atoms with Gasteiger partial charge in [-0.25, -0.2) is 18.5 Å². The molecule has 1 aliphatic heterocycles. The molecular weight excluding hydrogens is 482 g/mol. The van der Waals surface area contributed by atoms with Crippen molar-refractivity contribution in [2.24, 2.45) is 10.1 Å². The lowest BCUT2D eigenvalue weighted by Gasteiger charge is -2.06. The average molecular weight is 500 g/mol. The van der Waals surface area contributed by atoms with Gasteiger partial charge in [0.25, 0.3) is 5.91 Å². The molecule has 1 amide bonds. The van der Waals surface area contributed by atoms with Crippen LogP contribution >= 0.6 is 23.4 Å². The molecular formula is C23H18ClN3O4S2. The molecule has 33 heavy (non-hydrogen) atoms. The zero-order valence-electron chi connectivity index (χ0n) is 17.1. The van der Waals surface area contributed by atoms with Gasteiger partial charge in [0.05, 0.1) is 15.5 Å². The Morgan fingerprint density at radius 3 is 2.30 bits per heavy atom. The molecule has 0 spiro atoms. The number of hydrogen-bond donors (Lipinski definition) is 2. The smallest absolute Gasteiger partial charge is 0.264 e. The zero-order chi connectivity index (χ0) is 23.4. The molecule has 0 aliphatic carbocycles. The number of ether oxygens (including phenoxy) is 1. The molecule has 0 unspecified atom stereocenters. The molecule has 1 heterocycles. The molecule has 168 valence electrons. The first-order valence-corrected chi connectivity index (χ1v) is 12.4. The number of aliphatic imine (C=N–C) groups is 1. The van der Waals surface area contributed by atoms with Crippen molar-refractivity contribution in [3.8, 4) is 5.75 Å². The number of carbonyl (C=O) groups is 1. The van der Waals surface area contributed by atoms with E-state index in [1.54, 1.807) is 6.08 Å². The Kier molecular flexibility index (Phi) is 6.85. The van der Waals surface area contributed by atoms with Crippen molar-refractivity contribution in [1.29, 1.82) is 0 Å². The van der Waals surface area contributed by atoms with Crippen LogP contribution in [0.15, 0.2) is 87.6 Å². The van der Waals surface area contributed by atoms with Crippen molar-refractivity contribution in [3.63, 3.8) is 0 Å². The summed E-state index contributed by atoms with van der Waals surface area (Å²) in [5.41, 5.74) is 2.34. The summed E-state index contributed by atoms with van der Waals surface area (Å²) in [6.07, 6.45) is 1.76. The van der Waals surface area contributed by atoms with Crippen molar-refractivity contribution in [2.75, 3.05) is 0 Å². The van der Waals surface area contributed by atoms with E-state index in [0.29, 0.717) is 33.1 Å². The maximum absolute atomic E-state index is 12.3. The van der Waals surface area contributed by atoms with Gasteiger partial charge in [0.15, 0.2) is 5.17 Å². The second-order valence-electron chi connectivity index (χ2n) is 7.00. The highest BCUT2D eigenvalue weighted by Crippen LogP contribution is 2.29. The maximum Gasteiger partial charge on any atom is 0.264 e. The number of nitrogens with zero attached hydrogens (tertiary/aromatic N) is 1. The molecule has 1 fully saturated rings. The number of nitrogens with two attached hydrogens (primary N) is 1. The number of nitrogens with one attached hydrogen (secondary N) is 1. The summed E-state index contributed by atoms with van der Waals surface area (Å²) in [7, 11) is -3.77. The predicted octanol–water partition coefficient (Wildman–Crippen LogP) is 4.46. The topological polar surface area (TPSA) is 111 Å². The monoisotopic (exact) mass is 499 g/mol. The van der Waals surface area contributed by atoms with Crippen LogP contribution in [0.1, 0.15) is 11.1 Å². The highest BCUT2D eigenvalue weighted by Gasteiger charge is 2.23. The number of amidine groups is 1. The number of rotatable bonds is 6. The standard InChI is InChI=1S/C23H18ClN3O4S2/c24-17-5-1-16(2-6-17)14-31-19-9-3-15(4-10-19)13-21-22(28)27-23(32-21)26-18-7-11-20(12-8-18)33(25,29)30/h1-13H,14H2,(H2,25,29,30)(H,26,27,28)/b21-13-. The fourth-order valence-corrected chi connectivity index (χ4v) is 4.35. The number of sulfonamides is 1. The summed E-state index contributed by atoms with van der Waals surface area (Å²) in [6.45, 7) is 0.424. The first kappa shape index (κ1) is 23.1. The number of hydrogen-bond acceptors (Lipinski definition) is 6. The molecule has 3 N–H and O–H groups in total. The highest BCUT2D eigenvalue weighted by atomic mass is 35.5. The number of primary sulfonamides is 1. The quantitative estimate of drug-likeness (QED) is 0.486. The third kappa shape index (κ3) is 6.23. The van der Waals surface area contributed by atoms with Gasteiger partial charge >= 0.3 is 0 Å². The molecule has 4 rings (SSSR count). The van der Waals surface area contributed by atoms with Crippen molar-refractivity contribution >= 4 is 56.2 Å². The van der Waals surface area contributed by atoms with Crippen LogP contribution in [0.25, 0.3) is 6.08 Å². The molecule has 0 atom stereocenters. The van der Waals surface area contributed by atoms with E-state index < -0.39 is 10.0 Å². The molecule has 0 saturated carbocycles. The summed E-state index contributed by atoms with van der Waals surface area (Å²) in [4.78, 5) is 17.1. The van der Waals surface area contributed by atoms with Crippen LogP contribution in [0, 0.1) is 0 Å². The summed E-state index contributed by atoms with van der Waals surface area (Å²) >= 11 is 7.08. The average Bonchev–Trinajstić information content (AvgIpc) is 3.12. The normalized spacial score (nSPS) is 16.2. The van der Waals surface area contributed by atoms with Crippen LogP contribution in [0.2, 0.25) is 5.02 Å². The van der Waals surface area contributed by atoms with E-state index in [-0.39, 0.29) is 10.8 Å². The summed E-state index contributed by atoms with van der Waals surface area (Å²) in [5.74, 6) is 0.448. The Labute approximate surface area is 200 Å². The second-order valence-corrected chi connectivity index (χ2v) is 10.0. The molecule has 3 aromatic carbocycles. The number of carbonyl (C=O) groups excluding carboxylic acids is 1. The van der Waals surface area contributed by atoms with Gasteiger partial charge in [-0.15, -0.1) is 0 Å². The lowest BCUT2D eigenvalue weighted by Crippen LogP contribution is -2.19. The van der Waals surface area contributed by atoms with E-state index in [2.05, 4.69) is 10.3 Å². The molecule has 3 aromatic rings. The number of amides is 1. The highest BCUT2D eigenvalue weighted by molar-refractivity contribution is 8.18. The SMILES string of the molecule is NS(=O)(=O)c1ccc(N=C2NC(=O)/C(=C/c3ccc(OCc4ccc(Cl)cc4)cc3)S2)cc1. The predicted molar refractivity (Wildman–Crippen MR) is 131 cm³/mol. The number of halogens is 1. The largest absolute Gasteiger partial charge is 0.489 e. The summed E-state index contributed by atoms with van der Waals surface area (Å²) < 4.78 is 28.5. The van der Waals surface area contributed by atoms with Crippen LogP contribution in [0.5, 0.6) is 5.75 Å². The fourth-order valence-electron chi connectivity index (χ4n) is 2.87. The van der Waals surface area contributed by atoms with Crippen molar-refractivity contribution in [2.45, 2.75) is 11.5 Å². The number of benzene rings is 3. The molecule has 0 bridgehead atoms. The lowest BCUT2D eigenvalue weighted by atomic mass is 10.2. The van der Waals surface area contributed by atoms with Gasteiger partial charge in [0.1, 0.15) is 12.4 Å². The van der Waals surface area contributed by atoms with Gasteiger partial charge in [-0.05, 0) is 77.5 Å². The zero-order valence-corrected chi connectivity index (χ0v) is 19.5. The van der Waals surface area contributed by atoms with E-state index in [1.165, 1.54) is 36.0 Å². The molecule has 1 aliphatic rings. The van der Waals surface area contributed by atoms with Crippen LogP contribution in [-0.4, -0.2) is 19.5 Å². The Balaban J connectivity index is 1.40. The Morgan fingerprint density at radius 1 is 1.00 bits per heavy atom. The second kappa shape index (κ2) is 9.80. The molecule has 10 heteroatoms. The van der Waals surface area contributed by atoms with Crippen molar-refractivity contribution in [3.05, 3.63) is 93.9 Å². The van der Waals surface area contributed by atoms with E-state index in [4.69, 9.17) is 21.5 Å². The number of thioether (sulfide) groups is 1. The van der Waals surface area contributed by atoms with Gasteiger partial charge in [-0.1, -0.05) is 35.9 Å². The van der Waals surface area contributed by atoms with Crippen molar-refractivity contribution < 1.29 is 17.9 Å². The van der Waals surface area contributed by atoms with Crippen LogP contribution in [0.3, 0.4) is 0 Å². The first-order valence-electron chi connectivity index (χ1n) is 9.66. The van der Waals surface area contributed by atoms with Gasteiger partial charge in [0.2, 0.25) is 10.0 Å². The van der Waals surface area contributed by atoms with E-state index in [1.807, 2.05) is 48.5 Å². The molecule has 0 aromatic heterocycles. The summed E-state index contributed by atoms with van der Waals surface area (Å²) in [6, 6.07) is 20.6. The minimum absolute atomic E-state index is 0.00395. The minimum Gasteiger partial charge on any atom is -0.489 e. The Hall–Kier alpha value is -3.11. The minimum atomic E-state index is -3.77. The van der Waals surface area contributed by atoms with Crippen LogP contribution in [0.4, 0.5) is 5.69 Å². The van der Waals surface area contributed by atoms with Gasteiger partial charge in [-0.2, -0.15) is 0 Å². The molecule has 1 saturated heterocycles. The van der Waals surface area contributed by atoms with Gasteiger partial charge < -0.3 is 10.1 Å². The lowest BCUT2D eigenvalue weighted by molar-refractivity contribution is -0.115. The first-order chi connectivity index (χ1) is 15.8. The molecule has 0 radical (unpaired) electrons. The molecule has 7 nitrogen and oxygen atoms in total. The van der Waals surface area contributed by atoms with Crippen LogP contribution < -0.4 is 15.2 Å². The van der Waals surface area contributed by atoms with Gasteiger partial charge in [-0.3, -0.25) is 4.79 Å². The third-order valence-corrected chi connectivity index (χ3v) is 6.63. The fraction of sp³-hybridized carbons (Fsp3) is 0.0435. The van der Waals surface area contributed by atoms with Crippen molar-refractivity contribution in [1.82, 2.24) is 5.32 Å². The van der Waals surface area contributed by atoms with Crippen LogP contribution in [-0.2, 0) is 21.4 Å². The third-order valence-electron chi connectivity index (χ3n) is 4.54. The summed E-state index contributed by atoms with van der Waals surface area (Å²) in [5, 5.41) is 8.87. The van der Waals surface area contributed by atoms with E-state index in [0.717, 1.165) is 11.1 Å². The van der Waals surface area contributed by atoms with E-state index >= 15 is 0 Å². The Morgan fingerprint density at radius 2 is 1.67 bits per heavy atom. The Bertz CT molecular complexity index is 1340.